The third-order valence-electron chi connectivity index (χ3n) is 3.72. The second kappa shape index (κ2) is 7.14. The number of benzene rings is 2. The van der Waals surface area contributed by atoms with Crippen molar-refractivity contribution in [3.05, 3.63) is 54.1 Å². The highest BCUT2D eigenvalue weighted by atomic mass is 16.5. The van der Waals surface area contributed by atoms with E-state index < -0.39 is 0 Å². The average molecular weight is 325 g/mol. The Balaban J connectivity index is 2.03. The predicted octanol–water partition coefficient (Wildman–Crippen LogP) is 3.21. The van der Waals surface area contributed by atoms with Gasteiger partial charge in [-0.1, -0.05) is 18.2 Å². The minimum atomic E-state index is -0.374. The maximum atomic E-state index is 11.7. The number of esters is 1. The highest BCUT2D eigenvalue weighted by molar-refractivity contribution is 5.94. The number of ether oxygens (including phenoxy) is 2. The molecular weight excluding hydrogens is 306 g/mol. The number of hydrogen-bond acceptors (Lipinski definition) is 5. The maximum Gasteiger partial charge on any atom is 0.337 e. The summed E-state index contributed by atoms with van der Waals surface area (Å²) < 4.78 is 12.0. The summed E-state index contributed by atoms with van der Waals surface area (Å²) in [5.74, 6) is 0.330. The van der Waals surface area contributed by atoms with Crippen LogP contribution in [0.25, 0.3) is 11.0 Å². The van der Waals surface area contributed by atoms with Crippen molar-refractivity contribution in [3.8, 4) is 0 Å². The number of carbonyl (C=O) groups is 1. The summed E-state index contributed by atoms with van der Waals surface area (Å²) in [6.07, 6.45) is 0. The number of imidazole rings is 1. The summed E-state index contributed by atoms with van der Waals surface area (Å²) in [5, 5.41) is 3.31. The summed E-state index contributed by atoms with van der Waals surface area (Å²) in [6, 6.07) is 15.2. The Morgan fingerprint density at radius 1 is 1.17 bits per heavy atom. The zero-order chi connectivity index (χ0) is 16.9. The van der Waals surface area contributed by atoms with Crippen molar-refractivity contribution in [2.75, 3.05) is 26.1 Å². The Kier molecular flexibility index (Phi) is 4.77. The van der Waals surface area contributed by atoms with Gasteiger partial charge in [0.2, 0.25) is 5.95 Å². The van der Waals surface area contributed by atoms with Gasteiger partial charge in [-0.3, -0.25) is 0 Å². The Bertz CT molecular complexity index is 843. The number of nitrogens with one attached hydrogen (secondary N) is 1. The molecule has 0 spiro atoms. The molecule has 0 saturated heterocycles. The first-order valence-corrected chi connectivity index (χ1v) is 7.62. The van der Waals surface area contributed by atoms with E-state index in [-0.39, 0.29) is 5.97 Å². The van der Waals surface area contributed by atoms with E-state index in [0.717, 1.165) is 16.7 Å². The van der Waals surface area contributed by atoms with Gasteiger partial charge in [-0.2, -0.15) is 0 Å². The van der Waals surface area contributed by atoms with Gasteiger partial charge >= 0.3 is 5.97 Å². The number of carbonyl (C=O) groups excluding carboxylic acids is 1. The van der Waals surface area contributed by atoms with E-state index in [4.69, 9.17) is 9.47 Å². The van der Waals surface area contributed by atoms with Crippen LogP contribution in [0.5, 0.6) is 0 Å². The quantitative estimate of drug-likeness (QED) is 0.705. The second-order valence-corrected chi connectivity index (χ2v) is 5.27. The third-order valence-corrected chi connectivity index (χ3v) is 3.72. The normalized spacial score (nSPS) is 10.8. The van der Waals surface area contributed by atoms with Crippen molar-refractivity contribution in [1.82, 2.24) is 9.55 Å². The van der Waals surface area contributed by atoms with Crippen molar-refractivity contribution < 1.29 is 14.3 Å². The van der Waals surface area contributed by atoms with Crippen molar-refractivity contribution in [3.63, 3.8) is 0 Å². The Morgan fingerprint density at radius 3 is 2.67 bits per heavy atom. The van der Waals surface area contributed by atoms with Crippen LogP contribution < -0.4 is 5.32 Å². The van der Waals surface area contributed by atoms with Gasteiger partial charge in [-0.15, -0.1) is 0 Å². The SMILES string of the molecule is COCCn1c(Nc2ccccc2)nc2cc(C(=O)OC)ccc21. The van der Waals surface area contributed by atoms with Crippen LogP contribution in [0, 0.1) is 0 Å². The minimum Gasteiger partial charge on any atom is -0.465 e. The highest BCUT2D eigenvalue weighted by Crippen LogP contribution is 2.24. The van der Waals surface area contributed by atoms with E-state index in [1.807, 2.05) is 41.0 Å². The van der Waals surface area contributed by atoms with Crippen molar-refractivity contribution in [2.45, 2.75) is 6.54 Å². The lowest BCUT2D eigenvalue weighted by Gasteiger charge is -2.10. The molecule has 0 amide bonds. The molecule has 124 valence electrons. The lowest BCUT2D eigenvalue weighted by molar-refractivity contribution is 0.0601. The van der Waals surface area contributed by atoms with Crippen LogP contribution in [0.4, 0.5) is 11.6 Å². The van der Waals surface area contributed by atoms with Gasteiger partial charge in [0.15, 0.2) is 0 Å². The Labute approximate surface area is 140 Å². The molecule has 1 aromatic heterocycles. The van der Waals surface area contributed by atoms with E-state index in [1.54, 1.807) is 19.2 Å². The fourth-order valence-corrected chi connectivity index (χ4v) is 2.53. The van der Waals surface area contributed by atoms with Crippen LogP contribution in [0.15, 0.2) is 48.5 Å². The number of para-hydroxylation sites is 1. The lowest BCUT2D eigenvalue weighted by Crippen LogP contribution is -2.08. The Hall–Kier alpha value is -2.86. The topological polar surface area (TPSA) is 65.4 Å². The number of methoxy groups -OCH3 is 2. The molecule has 1 heterocycles. The molecule has 3 aromatic rings. The molecule has 0 saturated carbocycles. The molecule has 0 fully saturated rings. The smallest absolute Gasteiger partial charge is 0.337 e. The van der Waals surface area contributed by atoms with Gasteiger partial charge in [0.1, 0.15) is 0 Å². The van der Waals surface area contributed by atoms with E-state index in [0.29, 0.717) is 24.7 Å². The van der Waals surface area contributed by atoms with Crippen LogP contribution in [0.3, 0.4) is 0 Å². The van der Waals surface area contributed by atoms with Crippen LogP contribution in [0.2, 0.25) is 0 Å². The van der Waals surface area contributed by atoms with Crippen LogP contribution in [-0.2, 0) is 16.0 Å². The Morgan fingerprint density at radius 2 is 1.96 bits per heavy atom. The first kappa shape index (κ1) is 16.0. The van der Waals surface area contributed by atoms with Gasteiger partial charge in [0.05, 0.1) is 30.3 Å². The zero-order valence-corrected chi connectivity index (χ0v) is 13.7. The first-order chi connectivity index (χ1) is 11.7. The highest BCUT2D eigenvalue weighted by Gasteiger charge is 2.14. The molecule has 0 aliphatic rings. The molecule has 3 rings (SSSR count). The van der Waals surface area contributed by atoms with Crippen LogP contribution in [0.1, 0.15) is 10.4 Å². The van der Waals surface area contributed by atoms with Gasteiger partial charge in [-0.05, 0) is 30.3 Å². The molecule has 24 heavy (non-hydrogen) atoms. The summed E-state index contributed by atoms with van der Waals surface area (Å²) in [7, 11) is 3.03. The molecule has 0 aliphatic carbocycles. The maximum absolute atomic E-state index is 11.7. The van der Waals surface area contributed by atoms with E-state index in [2.05, 4.69) is 10.3 Å². The number of anilines is 2. The zero-order valence-electron chi connectivity index (χ0n) is 13.7. The first-order valence-electron chi connectivity index (χ1n) is 7.62. The molecule has 1 N–H and O–H groups in total. The molecule has 0 aliphatic heterocycles. The van der Waals surface area contributed by atoms with Gasteiger partial charge in [-0.25, -0.2) is 9.78 Å². The summed E-state index contributed by atoms with van der Waals surface area (Å²) in [6.45, 7) is 1.22. The molecule has 6 heteroatoms. The molecular formula is C18H19N3O3. The van der Waals surface area contributed by atoms with Gasteiger partial charge < -0.3 is 19.4 Å². The number of nitrogens with zero attached hydrogens (tertiary/aromatic N) is 2. The van der Waals surface area contributed by atoms with E-state index >= 15 is 0 Å². The molecule has 0 unspecified atom stereocenters. The molecule has 0 radical (unpaired) electrons. The predicted molar refractivity (Wildman–Crippen MR) is 92.7 cm³/mol. The monoisotopic (exact) mass is 325 g/mol. The van der Waals surface area contributed by atoms with Crippen molar-refractivity contribution >= 4 is 28.6 Å². The van der Waals surface area contributed by atoms with Gasteiger partial charge in [0, 0.05) is 19.3 Å². The van der Waals surface area contributed by atoms with E-state index in [1.165, 1.54) is 7.11 Å². The molecule has 0 bridgehead atoms. The second-order valence-electron chi connectivity index (χ2n) is 5.27. The molecule has 2 aromatic carbocycles. The number of rotatable bonds is 6. The average Bonchev–Trinajstić information content (AvgIpc) is 2.96. The number of fused-ring (bicyclic) bond motifs is 1. The summed E-state index contributed by atoms with van der Waals surface area (Å²) >= 11 is 0. The number of hydrogen-bond donors (Lipinski definition) is 1. The standard InChI is InChI=1S/C18H19N3O3/c1-23-11-10-21-16-9-8-13(17(22)24-2)12-15(16)20-18(21)19-14-6-4-3-5-7-14/h3-9,12H,10-11H2,1-2H3,(H,19,20). The van der Waals surface area contributed by atoms with Crippen molar-refractivity contribution in [1.29, 1.82) is 0 Å². The van der Waals surface area contributed by atoms with E-state index in [9.17, 15) is 4.79 Å². The lowest BCUT2D eigenvalue weighted by atomic mass is 10.2. The van der Waals surface area contributed by atoms with Crippen molar-refractivity contribution in [2.24, 2.45) is 0 Å². The molecule has 0 atom stereocenters. The minimum absolute atomic E-state index is 0.374. The summed E-state index contributed by atoms with van der Waals surface area (Å²) in [5.41, 5.74) is 3.08. The van der Waals surface area contributed by atoms with Crippen LogP contribution in [-0.4, -0.2) is 36.3 Å². The fraction of sp³-hybridized carbons (Fsp3) is 0.222. The van der Waals surface area contributed by atoms with Gasteiger partial charge in [0.25, 0.3) is 0 Å². The summed E-state index contributed by atoms with van der Waals surface area (Å²) in [4.78, 5) is 16.3. The molecule has 6 nitrogen and oxygen atoms in total. The largest absolute Gasteiger partial charge is 0.465 e. The third kappa shape index (κ3) is 3.23. The number of aromatic nitrogens is 2. The van der Waals surface area contributed by atoms with Crippen LogP contribution >= 0.6 is 0 Å². The fourth-order valence-electron chi connectivity index (χ4n) is 2.53.